The Hall–Kier alpha value is -1.66. The van der Waals surface area contributed by atoms with Gasteiger partial charge in [0.15, 0.2) is 0 Å². The van der Waals surface area contributed by atoms with E-state index in [1.165, 1.54) is 0 Å². The molecule has 0 saturated carbocycles. The first-order valence-corrected chi connectivity index (χ1v) is 8.18. The van der Waals surface area contributed by atoms with Crippen LogP contribution >= 0.6 is 34.8 Å². The van der Waals surface area contributed by atoms with E-state index < -0.39 is 0 Å². The molecule has 0 aromatic heterocycles. The summed E-state index contributed by atoms with van der Waals surface area (Å²) in [5.41, 5.74) is 1.75. The first-order valence-electron chi connectivity index (χ1n) is 7.04. The molecule has 2 nitrogen and oxygen atoms in total. The molecule has 2 aromatic carbocycles. The summed E-state index contributed by atoms with van der Waals surface area (Å²) in [7, 11) is 0. The van der Waals surface area contributed by atoms with Crippen molar-refractivity contribution in [1.29, 1.82) is 5.26 Å². The van der Waals surface area contributed by atoms with Crippen LogP contribution in [0.1, 0.15) is 24.5 Å². The van der Waals surface area contributed by atoms with E-state index in [0.29, 0.717) is 38.6 Å². The maximum absolute atomic E-state index is 9.49. The minimum atomic E-state index is 0.412. The summed E-state index contributed by atoms with van der Waals surface area (Å²) in [6.07, 6.45) is 2.60. The van der Waals surface area contributed by atoms with Crippen molar-refractivity contribution in [2.45, 2.75) is 13.3 Å². The normalized spacial score (nSPS) is 11.2. The van der Waals surface area contributed by atoms with Gasteiger partial charge in [0.2, 0.25) is 0 Å². The third-order valence-electron chi connectivity index (χ3n) is 3.08. The number of rotatable bonds is 5. The van der Waals surface area contributed by atoms with Gasteiger partial charge in [-0.3, -0.25) is 0 Å². The molecule has 2 aromatic rings. The van der Waals surface area contributed by atoms with Crippen LogP contribution in [0.25, 0.3) is 11.6 Å². The third kappa shape index (κ3) is 4.65. The van der Waals surface area contributed by atoms with Crippen LogP contribution in [-0.4, -0.2) is 6.61 Å². The van der Waals surface area contributed by atoms with Gasteiger partial charge < -0.3 is 4.74 Å². The lowest BCUT2D eigenvalue weighted by Crippen LogP contribution is -1.97. The third-order valence-corrected chi connectivity index (χ3v) is 3.86. The van der Waals surface area contributed by atoms with Crippen molar-refractivity contribution in [2.75, 3.05) is 6.61 Å². The monoisotopic (exact) mass is 365 g/mol. The smallest absolute Gasteiger partial charge is 0.126 e. The van der Waals surface area contributed by atoms with Gasteiger partial charge in [0.05, 0.1) is 23.3 Å². The van der Waals surface area contributed by atoms with Crippen LogP contribution < -0.4 is 4.74 Å². The van der Waals surface area contributed by atoms with E-state index in [1.807, 2.05) is 6.92 Å². The minimum Gasteiger partial charge on any atom is -0.493 e. The SMILES string of the molecule is CCCOc1ccc(Cl)cc1/C=C(\C#N)c1ccc(Cl)cc1Cl. The molecule has 0 amide bonds. The molecule has 0 fully saturated rings. The molecule has 0 radical (unpaired) electrons. The summed E-state index contributed by atoms with van der Waals surface area (Å²) in [5, 5.41) is 11.0. The molecule has 2 rings (SSSR count). The lowest BCUT2D eigenvalue weighted by Gasteiger charge is -2.10. The fraction of sp³-hybridized carbons (Fsp3) is 0.167. The maximum atomic E-state index is 9.49. The molecule has 0 atom stereocenters. The zero-order valence-corrected chi connectivity index (χ0v) is 14.7. The number of hydrogen-bond acceptors (Lipinski definition) is 2. The van der Waals surface area contributed by atoms with Crippen LogP contribution in [0.15, 0.2) is 36.4 Å². The Balaban J connectivity index is 2.49. The van der Waals surface area contributed by atoms with Crippen molar-refractivity contribution >= 4 is 46.5 Å². The van der Waals surface area contributed by atoms with Crippen molar-refractivity contribution < 1.29 is 4.74 Å². The number of allylic oxidation sites excluding steroid dienone is 1. The predicted molar refractivity (Wildman–Crippen MR) is 97.2 cm³/mol. The molecule has 0 spiro atoms. The first-order chi connectivity index (χ1) is 11.0. The van der Waals surface area contributed by atoms with Gasteiger partial charge in [-0.15, -0.1) is 0 Å². The van der Waals surface area contributed by atoms with E-state index in [-0.39, 0.29) is 0 Å². The number of halogens is 3. The molecular formula is C18H14Cl3NO. The summed E-state index contributed by atoms with van der Waals surface area (Å²) in [6, 6.07) is 12.5. The number of ether oxygens (including phenoxy) is 1. The molecule has 0 bridgehead atoms. The lowest BCUT2D eigenvalue weighted by molar-refractivity contribution is 0.317. The van der Waals surface area contributed by atoms with Crippen molar-refractivity contribution in [3.8, 4) is 11.8 Å². The average molecular weight is 367 g/mol. The Morgan fingerprint density at radius 1 is 1.13 bits per heavy atom. The fourth-order valence-electron chi connectivity index (χ4n) is 2.01. The van der Waals surface area contributed by atoms with Crippen molar-refractivity contribution in [1.82, 2.24) is 0 Å². The van der Waals surface area contributed by atoms with E-state index in [9.17, 15) is 5.26 Å². The number of hydrogen-bond donors (Lipinski definition) is 0. The van der Waals surface area contributed by atoms with Gasteiger partial charge in [-0.2, -0.15) is 5.26 Å². The van der Waals surface area contributed by atoms with E-state index in [0.717, 1.165) is 12.0 Å². The molecule has 0 aliphatic rings. The average Bonchev–Trinajstić information content (AvgIpc) is 2.52. The van der Waals surface area contributed by atoms with Gasteiger partial charge in [-0.1, -0.05) is 47.8 Å². The van der Waals surface area contributed by atoms with E-state index in [4.69, 9.17) is 39.5 Å². The molecule has 0 heterocycles. The first kappa shape index (κ1) is 17.7. The van der Waals surface area contributed by atoms with Crippen molar-refractivity contribution in [2.24, 2.45) is 0 Å². The molecule has 0 aliphatic heterocycles. The zero-order chi connectivity index (χ0) is 16.8. The topological polar surface area (TPSA) is 33.0 Å². The largest absolute Gasteiger partial charge is 0.493 e. The second kappa shape index (κ2) is 8.26. The van der Waals surface area contributed by atoms with Crippen molar-refractivity contribution in [3.05, 3.63) is 62.6 Å². The minimum absolute atomic E-state index is 0.412. The van der Waals surface area contributed by atoms with Crippen LogP contribution in [0.4, 0.5) is 0 Å². The molecule has 0 aliphatic carbocycles. The quantitative estimate of drug-likeness (QED) is 0.447. The Labute approximate surface area is 150 Å². The standard InChI is InChI=1S/C18H14Cl3NO/c1-2-7-23-18-6-4-14(19)9-12(18)8-13(11-22)16-5-3-15(20)10-17(16)21/h3-6,8-10H,2,7H2,1H3/b13-8+. The lowest BCUT2D eigenvalue weighted by atomic mass is 10.0. The van der Waals surface area contributed by atoms with Crippen molar-refractivity contribution in [3.63, 3.8) is 0 Å². The zero-order valence-electron chi connectivity index (χ0n) is 12.4. The van der Waals surface area contributed by atoms with Gasteiger partial charge in [-0.25, -0.2) is 0 Å². The second-order valence-corrected chi connectivity index (χ2v) is 6.10. The van der Waals surface area contributed by atoms with Crippen LogP contribution in [0.2, 0.25) is 15.1 Å². The van der Waals surface area contributed by atoms with Gasteiger partial charge in [0, 0.05) is 21.2 Å². The predicted octanol–water partition coefficient (Wildman–Crippen LogP) is 6.50. The van der Waals surface area contributed by atoms with Crippen LogP contribution in [-0.2, 0) is 0 Å². The Kier molecular flexibility index (Phi) is 6.36. The molecule has 0 N–H and O–H groups in total. The summed E-state index contributed by atoms with van der Waals surface area (Å²) in [4.78, 5) is 0. The van der Waals surface area contributed by atoms with Gasteiger partial charge in [-0.05, 0) is 42.8 Å². The summed E-state index contributed by atoms with van der Waals surface area (Å²) < 4.78 is 5.71. The molecule has 0 saturated heterocycles. The summed E-state index contributed by atoms with van der Waals surface area (Å²) >= 11 is 18.2. The highest BCUT2D eigenvalue weighted by molar-refractivity contribution is 6.36. The second-order valence-electron chi connectivity index (χ2n) is 4.82. The van der Waals surface area contributed by atoms with Gasteiger partial charge >= 0.3 is 0 Å². The number of benzene rings is 2. The van der Waals surface area contributed by atoms with Gasteiger partial charge in [0.25, 0.3) is 0 Å². The Bertz CT molecular complexity index is 778. The molecule has 0 unspecified atom stereocenters. The summed E-state index contributed by atoms with van der Waals surface area (Å²) in [6.45, 7) is 2.62. The Morgan fingerprint density at radius 3 is 2.48 bits per heavy atom. The van der Waals surface area contributed by atoms with E-state index in [2.05, 4.69) is 6.07 Å². The molecule has 23 heavy (non-hydrogen) atoms. The van der Waals surface area contributed by atoms with Crippen LogP contribution in [0.5, 0.6) is 5.75 Å². The maximum Gasteiger partial charge on any atom is 0.126 e. The van der Waals surface area contributed by atoms with E-state index in [1.54, 1.807) is 42.5 Å². The number of nitrogens with zero attached hydrogens (tertiary/aromatic N) is 1. The highest BCUT2D eigenvalue weighted by Gasteiger charge is 2.10. The fourth-order valence-corrected chi connectivity index (χ4v) is 2.70. The van der Waals surface area contributed by atoms with Crippen LogP contribution in [0, 0.1) is 11.3 Å². The highest BCUT2D eigenvalue weighted by Crippen LogP contribution is 2.31. The van der Waals surface area contributed by atoms with E-state index >= 15 is 0 Å². The number of nitriles is 1. The Morgan fingerprint density at radius 2 is 1.83 bits per heavy atom. The van der Waals surface area contributed by atoms with Gasteiger partial charge in [0.1, 0.15) is 5.75 Å². The van der Waals surface area contributed by atoms with Crippen LogP contribution in [0.3, 0.4) is 0 Å². The molecular weight excluding hydrogens is 353 g/mol. The summed E-state index contributed by atoms with van der Waals surface area (Å²) in [5.74, 6) is 0.675. The highest BCUT2D eigenvalue weighted by atomic mass is 35.5. The molecule has 118 valence electrons. The molecule has 5 heteroatoms.